The zero-order valence-electron chi connectivity index (χ0n) is 10.8. The third kappa shape index (κ3) is 2.21. The van der Waals surface area contributed by atoms with E-state index in [1.807, 2.05) is 17.5 Å². The van der Waals surface area contributed by atoms with Crippen LogP contribution in [0.5, 0.6) is 0 Å². The second kappa shape index (κ2) is 4.90. The number of anilines is 1. The number of pyridine rings is 1. The molecule has 0 atom stereocenters. The topological polar surface area (TPSA) is 73.8 Å². The van der Waals surface area contributed by atoms with Crippen molar-refractivity contribution in [3.63, 3.8) is 0 Å². The first-order chi connectivity index (χ1) is 9.65. The van der Waals surface area contributed by atoms with E-state index in [4.69, 9.17) is 5.73 Å². The molecule has 3 aromatic rings. The maximum absolute atomic E-state index is 11.5. The van der Waals surface area contributed by atoms with Crippen LogP contribution >= 0.6 is 11.3 Å². The number of hydrogen-bond acceptors (Lipinski definition) is 5. The van der Waals surface area contributed by atoms with Crippen LogP contribution in [-0.2, 0) is 7.05 Å². The van der Waals surface area contributed by atoms with Crippen LogP contribution in [0.25, 0.3) is 21.7 Å². The predicted octanol–water partition coefficient (Wildman–Crippen LogP) is 2.15. The molecule has 0 saturated heterocycles. The van der Waals surface area contributed by atoms with Crippen LogP contribution in [0.1, 0.15) is 0 Å². The Hall–Kier alpha value is -2.47. The molecule has 0 aliphatic heterocycles. The van der Waals surface area contributed by atoms with Crippen LogP contribution < -0.4 is 11.3 Å². The van der Waals surface area contributed by atoms with E-state index in [0.29, 0.717) is 0 Å². The van der Waals surface area contributed by atoms with Crippen LogP contribution in [-0.4, -0.2) is 14.5 Å². The third-order valence-electron chi connectivity index (χ3n) is 2.96. The molecule has 6 heteroatoms. The van der Waals surface area contributed by atoms with Gasteiger partial charge in [-0.3, -0.25) is 4.79 Å². The largest absolute Gasteiger partial charge is 0.368 e. The van der Waals surface area contributed by atoms with Crippen molar-refractivity contribution in [2.45, 2.75) is 0 Å². The van der Waals surface area contributed by atoms with Gasteiger partial charge in [0.1, 0.15) is 0 Å². The van der Waals surface area contributed by atoms with Crippen molar-refractivity contribution in [2.75, 3.05) is 5.73 Å². The van der Waals surface area contributed by atoms with Crippen LogP contribution in [0.2, 0.25) is 0 Å². The normalized spacial score (nSPS) is 10.7. The summed E-state index contributed by atoms with van der Waals surface area (Å²) in [5.41, 5.74) is 8.17. The molecule has 100 valence electrons. The van der Waals surface area contributed by atoms with Crippen LogP contribution in [0.3, 0.4) is 0 Å². The molecule has 0 unspecified atom stereocenters. The van der Waals surface area contributed by atoms with Gasteiger partial charge >= 0.3 is 0 Å². The Bertz CT molecular complexity index is 808. The first-order valence-corrected chi connectivity index (χ1v) is 6.86. The Morgan fingerprint density at radius 3 is 2.85 bits per heavy atom. The predicted molar refractivity (Wildman–Crippen MR) is 80.4 cm³/mol. The van der Waals surface area contributed by atoms with Gasteiger partial charge in [0.15, 0.2) is 0 Å². The average Bonchev–Trinajstić information content (AvgIpc) is 2.96. The summed E-state index contributed by atoms with van der Waals surface area (Å²) >= 11 is 1.59. The highest BCUT2D eigenvalue weighted by atomic mass is 32.1. The molecule has 3 heterocycles. The molecule has 20 heavy (non-hydrogen) atoms. The molecule has 3 rings (SSSR count). The van der Waals surface area contributed by atoms with Gasteiger partial charge in [0.2, 0.25) is 11.5 Å². The molecule has 0 saturated carbocycles. The Labute approximate surface area is 119 Å². The van der Waals surface area contributed by atoms with Crippen molar-refractivity contribution in [1.82, 2.24) is 14.5 Å². The molecule has 0 spiro atoms. The molecule has 0 fully saturated rings. The minimum atomic E-state index is -0.0530. The quantitative estimate of drug-likeness (QED) is 0.782. The number of thiophene rings is 1. The number of hydrogen-bond donors (Lipinski definition) is 1. The molecular weight excluding hydrogens is 272 g/mol. The van der Waals surface area contributed by atoms with E-state index in [1.165, 1.54) is 10.6 Å². The van der Waals surface area contributed by atoms with Crippen LogP contribution in [0, 0.1) is 0 Å². The third-order valence-corrected chi connectivity index (χ3v) is 3.84. The van der Waals surface area contributed by atoms with Crippen LogP contribution in [0.4, 0.5) is 5.95 Å². The molecule has 2 N–H and O–H groups in total. The molecule has 0 amide bonds. The van der Waals surface area contributed by atoms with Crippen molar-refractivity contribution < 1.29 is 0 Å². The monoisotopic (exact) mass is 284 g/mol. The Kier molecular flexibility index (Phi) is 3.08. The molecule has 3 aromatic heterocycles. The molecular formula is C14H12N4OS. The number of aromatic nitrogens is 3. The van der Waals surface area contributed by atoms with Crippen molar-refractivity contribution >= 4 is 17.3 Å². The summed E-state index contributed by atoms with van der Waals surface area (Å²) in [6.07, 6.45) is 3.46. The molecule has 0 radical (unpaired) electrons. The van der Waals surface area contributed by atoms with Gasteiger partial charge in [-0.05, 0) is 17.5 Å². The SMILES string of the molecule is Cn1cc(-c2cnc(N)nc2-c2cccs2)ccc1=O. The molecule has 0 aromatic carbocycles. The van der Waals surface area contributed by atoms with Crippen molar-refractivity contribution in [1.29, 1.82) is 0 Å². The molecule has 0 bridgehead atoms. The van der Waals surface area contributed by atoms with Crippen molar-refractivity contribution in [2.24, 2.45) is 7.05 Å². The van der Waals surface area contributed by atoms with E-state index in [2.05, 4.69) is 9.97 Å². The summed E-state index contributed by atoms with van der Waals surface area (Å²) in [7, 11) is 1.72. The first kappa shape index (κ1) is 12.6. The number of nitrogens with two attached hydrogens (primary N) is 1. The lowest BCUT2D eigenvalue weighted by atomic mass is 10.1. The summed E-state index contributed by atoms with van der Waals surface area (Å²) < 4.78 is 1.53. The van der Waals surface area contributed by atoms with Gasteiger partial charge in [-0.2, -0.15) is 0 Å². The molecule has 0 aliphatic rings. The number of aryl methyl sites for hydroxylation is 1. The van der Waals surface area contributed by atoms with E-state index in [0.717, 1.165) is 21.7 Å². The molecule has 0 aliphatic carbocycles. The molecule has 5 nitrogen and oxygen atoms in total. The van der Waals surface area contributed by atoms with E-state index in [9.17, 15) is 4.79 Å². The smallest absolute Gasteiger partial charge is 0.250 e. The Balaban J connectivity index is 2.23. The fourth-order valence-corrected chi connectivity index (χ4v) is 2.69. The van der Waals surface area contributed by atoms with Gasteiger partial charge in [-0.1, -0.05) is 6.07 Å². The van der Waals surface area contributed by atoms with Gasteiger partial charge < -0.3 is 10.3 Å². The Morgan fingerprint density at radius 1 is 1.30 bits per heavy atom. The Morgan fingerprint density at radius 2 is 2.15 bits per heavy atom. The fourth-order valence-electron chi connectivity index (χ4n) is 1.96. The summed E-state index contributed by atoms with van der Waals surface area (Å²) in [5.74, 6) is 0.238. The van der Waals surface area contributed by atoms with E-state index >= 15 is 0 Å². The maximum Gasteiger partial charge on any atom is 0.250 e. The summed E-state index contributed by atoms with van der Waals surface area (Å²) in [4.78, 5) is 20.9. The number of nitrogen functional groups attached to an aromatic ring is 1. The summed E-state index contributed by atoms with van der Waals surface area (Å²) in [5, 5.41) is 1.98. The second-order valence-electron chi connectivity index (χ2n) is 4.33. The standard InChI is InChI=1S/C14H12N4OS/c1-18-8-9(4-5-12(18)19)10-7-16-14(15)17-13(10)11-3-2-6-20-11/h2-8H,1H3,(H2,15,16,17). The van der Waals surface area contributed by atoms with Gasteiger partial charge in [-0.15, -0.1) is 11.3 Å². The van der Waals surface area contributed by atoms with Crippen LogP contribution in [0.15, 0.2) is 46.8 Å². The minimum absolute atomic E-state index is 0.0530. The second-order valence-corrected chi connectivity index (χ2v) is 5.28. The summed E-state index contributed by atoms with van der Waals surface area (Å²) in [6, 6.07) is 7.25. The van der Waals surface area contributed by atoms with Crippen molar-refractivity contribution in [3.05, 3.63) is 52.4 Å². The van der Waals surface area contributed by atoms with E-state index in [1.54, 1.807) is 36.8 Å². The fraction of sp³-hybridized carbons (Fsp3) is 0.0714. The minimum Gasteiger partial charge on any atom is -0.368 e. The number of rotatable bonds is 2. The summed E-state index contributed by atoms with van der Waals surface area (Å²) in [6.45, 7) is 0. The average molecular weight is 284 g/mol. The van der Waals surface area contributed by atoms with Gasteiger partial charge in [-0.25, -0.2) is 9.97 Å². The zero-order valence-corrected chi connectivity index (χ0v) is 11.6. The van der Waals surface area contributed by atoms with Gasteiger partial charge in [0.25, 0.3) is 0 Å². The highest BCUT2D eigenvalue weighted by Crippen LogP contribution is 2.32. The lowest BCUT2D eigenvalue weighted by molar-refractivity contribution is 0.862. The lowest BCUT2D eigenvalue weighted by Gasteiger charge is -2.08. The first-order valence-electron chi connectivity index (χ1n) is 5.98. The zero-order chi connectivity index (χ0) is 14.1. The van der Waals surface area contributed by atoms with Crippen molar-refractivity contribution in [3.8, 4) is 21.7 Å². The maximum atomic E-state index is 11.5. The van der Waals surface area contributed by atoms with E-state index in [-0.39, 0.29) is 11.5 Å². The lowest BCUT2D eigenvalue weighted by Crippen LogP contribution is -2.14. The van der Waals surface area contributed by atoms with Gasteiger partial charge in [0, 0.05) is 36.6 Å². The number of nitrogens with zero attached hydrogens (tertiary/aromatic N) is 3. The highest BCUT2D eigenvalue weighted by Gasteiger charge is 2.12. The van der Waals surface area contributed by atoms with Gasteiger partial charge in [0.05, 0.1) is 10.6 Å². The van der Waals surface area contributed by atoms with E-state index < -0.39 is 0 Å². The highest BCUT2D eigenvalue weighted by molar-refractivity contribution is 7.13.